The van der Waals surface area contributed by atoms with Crippen LogP contribution in [-0.2, 0) is 6.42 Å². The molecule has 0 bridgehead atoms. The first kappa shape index (κ1) is 13.8. The standard InChI is InChI=1S/C18H21NO2/c1-12-10-14(6-9-18(12)21-3)19-17-8-5-13-4-7-15(20-2)11-16(13)17/h4,6-7,9-11,17,19H,5,8H2,1-3H3. The van der Waals surface area contributed by atoms with Crippen LogP contribution in [0.3, 0.4) is 0 Å². The fourth-order valence-corrected chi connectivity index (χ4v) is 3.03. The minimum absolute atomic E-state index is 0.350. The highest BCUT2D eigenvalue weighted by Gasteiger charge is 2.22. The van der Waals surface area contributed by atoms with Crippen LogP contribution < -0.4 is 14.8 Å². The molecule has 1 aliphatic rings. The number of hydrogen-bond donors (Lipinski definition) is 1. The smallest absolute Gasteiger partial charge is 0.121 e. The summed E-state index contributed by atoms with van der Waals surface area (Å²) in [6.07, 6.45) is 2.24. The Kier molecular flexibility index (Phi) is 3.74. The predicted octanol–water partition coefficient (Wildman–Crippen LogP) is 4.11. The summed E-state index contributed by atoms with van der Waals surface area (Å²) in [5, 5.41) is 3.63. The van der Waals surface area contributed by atoms with E-state index in [1.165, 1.54) is 11.1 Å². The van der Waals surface area contributed by atoms with Crippen molar-refractivity contribution < 1.29 is 9.47 Å². The molecule has 0 aliphatic heterocycles. The largest absolute Gasteiger partial charge is 0.497 e. The molecule has 1 N–H and O–H groups in total. The molecule has 3 nitrogen and oxygen atoms in total. The van der Waals surface area contributed by atoms with Gasteiger partial charge in [0, 0.05) is 5.69 Å². The van der Waals surface area contributed by atoms with Crippen LogP contribution in [0.5, 0.6) is 11.5 Å². The maximum atomic E-state index is 5.34. The lowest BCUT2D eigenvalue weighted by atomic mass is 10.1. The van der Waals surface area contributed by atoms with E-state index < -0.39 is 0 Å². The maximum Gasteiger partial charge on any atom is 0.121 e. The number of methoxy groups -OCH3 is 2. The average molecular weight is 283 g/mol. The van der Waals surface area contributed by atoms with Gasteiger partial charge in [0.15, 0.2) is 0 Å². The summed E-state index contributed by atoms with van der Waals surface area (Å²) in [4.78, 5) is 0. The molecular formula is C18H21NO2. The third-order valence-corrected chi connectivity index (χ3v) is 4.17. The molecule has 3 rings (SSSR count). The number of rotatable bonds is 4. The lowest BCUT2D eigenvalue weighted by Gasteiger charge is -2.17. The number of aryl methyl sites for hydroxylation is 2. The zero-order chi connectivity index (χ0) is 14.8. The quantitative estimate of drug-likeness (QED) is 0.916. The van der Waals surface area contributed by atoms with Crippen LogP contribution in [0.2, 0.25) is 0 Å². The fourth-order valence-electron chi connectivity index (χ4n) is 3.03. The highest BCUT2D eigenvalue weighted by Crippen LogP contribution is 2.36. The molecule has 1 atom stereocenters. The van der Waals surface area contributed by atoms with Gasteiger partial charge in [-0.15, -0.1) is 0 Å². The SMILES string of the molecule is COc1ccc2c(c1)C(Nc1ccc(OC)c(C)c1)CC2. The molecule has 0 saturated heterocycles. The van der Waals surface area contributed by atoms with Gasteiger partial charge in [0.2, 0.25) is 0 Å². The topological polar surface area (TPSA) is 30.5 Å². The van der Waals surface area contributed by atoms with Crippen LogP contribution >= 0.6 is 0 Å². The van der Waals surface area contributed by atoms with E-state index in [4.69, 9.17) is 9.47 Å². The first-order valence-corrected chi connectivity index (χ1v) is 7.29. The second kappa shape index (κ2) is 5.68. The van der Waals surface area contributed by atoms with Crippen molar-refractivity contribution in [2.75, 3.05) is 19.5 Å². The van der Waals surface area contributed by atoms with E-state index in [9.17, 15) is 0 Å². The van der Waals surface area contributed by atoms with Gasteiger partial charge in [-0.05, 0) is 66.8 Å². The first-order chi connectivity index (χ1) is 10.2. The molecule has 0 amide bonds. The number of anilines is 1. The van der Waals surface area contributed by atoms with Crippen LogP contribution in [0.1, 0.15) is 29.2 Å². The van der Waals surface area contributed by atoms with Gasteiger partial charge in [-0.1, -0.05) is 6.07 Å². The third-order valence-electron chi connectivity index (χ3n) is 4.17. The molecule has 3 heteroatoms. The first-order valence-electron chi connectivity index (χ1n) is 7.29. The highest BCUT2D eigenvalue weighted by atomic mass is 16.5. The monoisotopic (exact) mass is 283 g/mol. The molecule has 110 valence electrons. The molecular weight excluding hydrogens is 262 g/mol. The van der Waals surface area contributed by atoms with Crippen molar-refractivity contribution in [3.8, 4) is 11.5 Å². The molecule has 21 heavy (non-hydrogen) atoms. The third kappa shape index (κ3) is 2.68. The Morgan fingerprint density at radius 3 is 2.62 bits per heavy atom. The van der Waals surface area contributed by atoms with E-state index in [1.54, 1.807) is 14.2 Å². The summed E-state index contributed by atoms with van der Waals surface area (Å²) >= 11 is 0. The minimum Gasteiger partial charge on any atom is -0.497 e. The summed E-state index contributed by atoms with van der Waals surface area (Å²) < 4.78 is 10.7. The van der Waals surface area contributed by atoms with Crippen LogP contribution in [0.4, 0.5) is 5.69 Å². The summed E-state index contributed by atoms with van der Waals surface area (Å²) in [7, 11) is 3.42. The second-order valence-electron chi connectivity index (χ2n) is 5.48. The normalized spacial score (nSPS) is 16.4. The van der Waals surface area contributed by atoms with Gasteiger partial charge >= 0.3 is 0 Å². The van der Waals surface area contributed by atoms with Crippen molar-refractivity contribution >= 4 is 5.69 Å². The average Bonchev–Trinajstić information content (AvgIpc) is 2.90. The van der Waals surface area contributed by atoms with Crippen molar-refractivity contribution in [2.24, 2.45) is 0 Å². The molecule has 1 unspecified atom stereocenters. The molecule has 0 spiro atoms. The molecule has 0 aromatic heterocycles. The number of nitrogens with one attached hydrogen (secondary N) is 1. The van der Waals surface area contributed by atoms with Crippen molar-refractivity contribution in [2.45, 2.75) is 25.8 Å². The molecule has 0 fully saturated rings. The van der Waals surface area contributed by atoms with E-state index in [2.05, 4.69) is 36.5 Å². The van der Waals surface area contributed by atoms with Crippen molar-refractivity contribution in [3.05, 3.63) is 53.1 Å². The van der Waals surface area contributed by atoms with E-state index in [0.29, 0.717) is 6.04 Å². The Balaban J connectivity index is 1.83. The minimum atomic E-state index is 0.350. The van der Waals surface area contributed by atoms with Crippen molar-refractivity contribution in [3.63, 3.8) is 0 Å². The number of fused-ring (bicyclic) bond motifs is 1. The number of benzene rings is 2. The van der Waals surface area contributed by atoms with Gasteiger partial charge in [-0.3, -0.25) is 0 Å². The van der Waals surface area contributed by atoms with E-state index >= 15 is 0 Å². The molecule has 0 heterocycles. The van der Waals surface area contributed by atoms with E-state index in [-0.39, 0.29) is 0 Å². The van der Waals surface area contributed by atoms with Gasteiger partial charge in [-0.25, -0.2) is 0 Å². The van der Waals surface area contributed by atoms with Gasteiger partial charge in [0.05, 0.1) is 20.3 Å². The number of hydrogen-bond acceptors (Lipinski definition) is 3. The molecule has 2 aromatic rings. The van der Waals surface area contributed by atoms with Gasteiger partial charge < -0.3 is 14.8 Å². The lowest BCUT2D eigenvalue weighted by Crippen LogP contribution is -2.07. The molecule has 0 saturated carbocycles. The summed E-state index contributed by atoms with van der Waals surface area (Å²) in [5.74, 6) is 1.85. The second-order valence-corrected chi connectivity index (χ2v) is 5.48. The molecule has 2 aromatic carbocycles. The zero-order valence-corrected chi connectivity index (χ0v) is 12.8. The lowest BCUT2D eigenvalue weighted by molar-refractivity contribution is 0.412. The zero-order valence-electron chi connectivity index (χ0n) is 12.8. The Hall–Kier alpha value is -2.16. The summed E-state index contributed by atoms with van der Waals surface area (Å²) in [6, 6.07) is 12.9. The Morgan fingerprint density at radius 2 is 1.90 bits per heavy atom. The van der Waals surface area contributed by atoms with E-state index in [0.717, 1.165) is 35.6 Å². The van der Waals surface area contributed by atoms with Crippen LogP contribution in [-0.4, -0.2) is 14.2 Å². The Bertz CT molecular complexity index is 652. The highest BCUT2D eigenvalue weighted by molar-refractivity contribution is 5.54. The fraction of sp³-hybridized carbons (Fsp3) is 0.333. The Morgan fingerprint density at radius 1 is 1.05 bits per heavy atom. The maximum absolute atomic E-state index is 5.34. The molecule has 0 radical (unpaired) electrons. The van der Waals surface area contributed by atoms with Crippen molar-refractivity contribution in [1.82, 2.24) is 0 Å². The van der Waals surface area contributed by atoms with Gasteiger partial charge in [0.1, 0.15) is 11.5 Å². The van der Waals surface area contributed by atoms with Gasteiger partial charge in [-0.2, -0.15) is 0 Å². The molecule has 1 aliphatic carbocycles. The number of ether oxygens (including phenoxy) is 2. The summed E-state index contributed by atoms with van der Waals surface area (Å²) in [5.41, 5.74) is 5.04. The predicted molar refractivity (Wildman–Crippen MR) is 85.4 cm³/mol. The van der Waals surface area contributed by atoms with Crippen LogP contribution in [0.25, 0.3) is 0 Å². The van der Waals surface area contributed by atoms with Crippen LogP contribution in [0.15, 0.2) is 36.4 Å². The van der Waals surface area contributed by atoms with Crippen molar-refractivity contribution in [1.29, 1.82) is 0 Å². The van der Waals surface area contributed by atoms with E-state index in [1.807, 2.05) is 12.1 Å². The van der Waals surface area contributed by atoms with Gasteiger partial charge in [0.25, 0.3) is 0 Å². The Labute approximate surface area is 125 Å². The summed E-state index contributed by atoms with van der Waals surface area (Å²) in [6.45, 7) is 2.07. The van der Waals surface area contributed by atoms with Crippen LogP contribution in [0, 0.1) is 6.92 Å².